The maximum absolute atomic E-state index is 5.73. The van der Waals surface area contributed by atoms with Crippen molar-refractivity contribution in [3.63, 3.8) is 0 Å². The van der Waals surface area contributed by atoms with Crippen LogP contribution in [-0.2, 0) is 6.61 Å². The largest absolute Gasteiger partial charge is 0.484 e. The molecule has 2 aromatic carbocycles. The number of aryl methyl sites for hydroxylation is 2. The number of rotatable bonds is 4. The smallest absolute Gasteiger partial charge is 0.254 e. The lowest BCUT2D eigenvalue weighted by Crippen LogP contribution is -1.97. The van der Waals surface area contributed by atoms with E-state index < -0.39 is 0 Å². The van der Waals surface area contributed by atoms with Crippen LogP contribution in [0.1, 0.15) is 17.0 Å². The molecule has 0 saturated heterocycles. The summed E-state index contributed by atoms with van der Waals surface area (Å²) in [5.41, 5.74) is 3.21. The Balaban J connectivity index is 1.70. The zero-order valence-electron chi connectivity index (χ0n) is 12.0. The van der Waals surface area contributed by atoms with Crippen LogP contribution in [0.25, 0.3) is 11.5 Å². The Labute approximate surface area is 123 Å². The Bertz CT molecular complexity index is 736. The molecule has 0 atom stereocenters. The molecule has 0 N–H and O–H groups in total. The van der Waals surface area contributed by atoms with E-state index in [1.54, 1.807) is 0 Å². The normalized spacial score (nSPS) is 10.6. The van der Waals surface area contributed by atoms with E-state index in [1.807, 2.05) is 49.4 Å². The predicted octanol–water partition coefficient (Wildman–Crippen LogP) is 3.93. The highest BCUT2D eigenvalue weighted by molar-refractivity contribution is 5.51. The van der Waals surface area contributed by atoms with Gasteiger partial charge in [0.1, 0.15) is 5.75 Å². The van der Waals surface area contributed by atoms with Crippen LogP contribution in [0, 0.1) is 13.8 Å². The van der Waals surface area contributed by atoms with Gasteiger partial charge in [-0.3, -0.25) is 0 Å². The topological polar surface area (TPSA) is 48.2 Å². The molecule has 0 amide bonds. The number of nitrogens with zero attached hydrogens (tertiary/aromatic N) is 2. The highest BCUT2D eigenvalue weighted by Crippen LogP contribution is 2.21. The van der Waals surface area contributed by atoms with Crippen molar-refractivity contribution in [2.45, 2.75) is 20.5 Å². The lowest BCUT2D eigenvalue weighted by molar-refractivity contribution is 0.263. The van der Waals surface area contributed by atoms with Gasteiger partial charge >= 0.3 is 0 Å². The van der Waals surface area contributed by atoms with Crippen molar-refractivity contribution in [1.82, 2.24) is 10.2 Å². The van der Waals surface area contributed by atoms with Gasteiger partial charge in [-0.05, 0) is 37.6 Å². The molecule has 0 fully saturated rings. The first-order chi connectivity index (χ1) is 10.2. The first-order valence-electron chi connectivity index (χ1n) is 6.80. The van der Waals surface area contributed by atoms with E-state index in [-0.39, 0.29) is 6.61 Å². The molecule has 0 bridgehead atoms. The van der Waals surface area contributed by atoms with Gasteiger partial charge in [0, 0.05) is 5.56 Å². The number of hydrogen-bond donors (Lipinski definition) is 0. The van der Waals surface area contributed by atoms with Crippen molar-refractivity contribution in [3.8, 4) is 17.2 Å². The predicted molar refractivity (Wildman–Crippen MR) is 80.0 cm³/mol. The van der Waals surface area contributed by atoms with E-state index in [9.17, 15) is 0 Å². The third-order valence-electron chi connectivity index (χ3n) is 3.17. The average molecular weight is 280 g/mol. The third-order valence-corrected chi connectivity index (χ3v) is 3.17. The van der Waals surface area contributed by atoms with E-state index >= 15 is 0 Å². The van der Waals surface area contributed by atoms with Gasteiger partial charge in [0.25, 0.3) is 5.89 Å². The summed E-state index contributed by atoms with van der Waals surface area (Å²) in [5, 5.41) is 8.05. The quantitative estimate of drug-likeness (QED) is 0.726. The summed E-state index contributed by atoms with van der Waals surface area (Å²) < 4.78 is 11.3. The number of benzene rings is 2. The molecule has 0 aliphatic heterocycles. The minimum absolute atomic E-state index is 0.268. The van der Waals surface area contributed by atoms with Crippen molar-refractivity contribution in [2.24, 2.45) is 0 Å². The van der Waals surface area contributed by atoms with Gasteiger partial charge in [0.05, 0.1) is 0 Å². The van der Waals surface area contributed by atoms with Gasteiger partial charge in [0.2, 0.25) is 5.89 Å². The maximum atomic E-state index is 5.73. The van der Waals surface area contributed by atoms with Crippen LogP contribution in [-0.4, -0.2) is 10.2 Å². The van der Waals surface area contributed by atoms with Crippen LogP contribution >= 0.6 is 0 Å². The SMILES string of the molecule is Cc1ccc(OCc2nnc(-c3ccccc3)o2)c(C)c1. The molecule has 106 valence electrons. The first-order valence-corrected chi connectivity index (χ1v) is 6.80. The minimum atomic E-state index is 0.268. The van der Waals surface area contributed by atoms with Crippen molar-refractivity contribution in [3.05, 3.63) is 65.5 Å². The average Bonchev–Trinajstić information content (AvgIpc) is 2.96. The van der Waals surface area contributed by atoms with Crippen molar-refractivity contribution in [1.29, 1.82) is 0 Å². The van der Waals surface area contributed by atoms with Crippen LogP contribution in [0.2, 0.25) is 0 Å². The molecule has 0 saturated carbocycles. The van der Waals surface area contributed by atoms with Crippen molar-refractivity contribution in [2.75, 3.05) is 0 Å². The molecular formula is C17H16N2O2. The molecule has 0 unspecified atom stereocenters. The van der Waals surface area contributed by atoms with Gasteiger partial charge in [-0.15, -0.1) is 10.2 Å². The molecule has 3 rings (SSSR count). The zero-order chi connectivity index (χ0) is 14.7. The Kier molecular flexibility index (Phi) is 3.69. The Hall–Kier alpha value is -2.62. The Morgan fingerprint density at radius 2 is 1.81 bits per heavy atom. The van der Waals surface area contributed by atoms with Crippen LogP contribution in [0.5, 0.6) is 5.75 Å². The Morgan fingerprint density at radius 1 is 1.00 bits per heavy atom. The fraction of sp³-hybridized carbons (Fsp3) is 0.176. The second-order valence-corrected chi connectivity index (χ2v) is 4.92. The molecule has 1 aromatic heterocycles. The molecular weight excluding hydrogens is 264 g/mol. The van der Waals surface area contributed by atoms with Gasteiger partial charge < -0.3 is 9.15 Å². The van der Waals surface area contributed by atoms with E-state index in [2.05, 4.69) is 23.2 Å². The fourth-order valence-electron chi connectivity index (χ4n) is 2.11. The van der Waals surface area contributed by atoms with Crippen molar-refractivity contribution < 1.29 is 9.15 Å². The second-order valence-electron chi connectivity index (χ2n) is 4.92. The highest BCUT2D eigenvalue weighted by Gasteiger charge is 2.09. The molecule has 0 aliphatic rings. The van der Waals surface area contributed by atoms with Crippen molar-refractivity contribution >= 4 is 0 Å². The standard InChI is InChI=1S/C17H16N2O2/c1-12-8-9-15(13(2)10-12)20-11-16-18-19-17(21-16)14-6-4-3-5-7-14/h3-10H,11H2,1-2H3. The molecule has 21 heavy (non-hydrogen) atoms. The summed E-state index contributed by atoms with van der Waals surface area (Å²) in [6.45, 7) is 4.34. The number of aromatic nitrogens is 2. The number of ether oxygens (including phenoxy) is 1. The van der Waals surface area contributed by atoms with Gasteiger partial charge in [-0.25, -0.2) is 0 Å². The molecule has 4 nitrogen and oxygen atoms in total. The van der Waals surface area contributed by atoms with E-state index in [1.165, 1.54) is 5.56 Å². The number of hydrogen-bond acceptors (Lipinski definition) is 4. The third kappa shape index (κ3) is 3.11. The van der Waals surface area contributed by atoms with Gasteiger partial charge in [-0.1, -0.05) is 35.9 Å². The molecule has 0 radical (unpaired) electrons. The monoisotopic (exact) mass is 280 g/mol. The summed E-state index contributed by atoms with van der Waals surface area (Å²) >= 11 is 0. The summed E-state index contributed by atoms with van der Waals surface area (Å²) in [5.74, 6) is 1.81. The molecule has 1 heterocycles. The van der Waals surface area contributed by atoms with Crippen LogP contribution in [0.4, 0.5) is 0 Å². The van der Waals surface area contributed by atoms with Gasteiger partial charge in [0.15, 0.2) is 6.61 Å². The second kappa shape index (κ2) is 5.79. The minimum Gasteiger partial charge on any atom is -0.484 e. The summed E-state index contributed by atoms with van der Waals surface area (Å²) in [4.78, 5) is 0. The van der Waals surface area contributed by atoms with E-state index in [0.717, 1.165) is 16.9 Å². The molecule has 0 aliphatic carbocycles. The van der Waals surface area contributed by atoms with Gasteiger partial charge in [-0.2, -0.15) is 0 Å². The lowest BCUT2D eigenvalue weighted by atomic mass is 10.1. The zero-order valence-corrected chi connectivity index (χ0v) is 12.0. The Morgan fingerprint density at radius 3 is 2.57 bits per heavy atom. The fourth-order valence-corrected chi connectivity index (χ4v) is 2.11. The summed E-state index contributed by atoms with van der Waals surface area (Å²) in [7, 11) is 0. The summed E-state index contributed by atoms with van der Waals surface area (Å²) in [6.07, 6.45) is 0. The molecule has 0 spiro atoms. The van der Waals surface area contributed by atoms with E-state index in [4.69, 9.17) is 9.15 Å². The molecule has 4 heteroatoms. The highest BCUT2D eigenvalue weighted by atomic mass is 16.5. The van der Waals surface area contributed by atoms with Crippen LogP contribution < -0.4 is 4.74 Å². The van der Waals surface area contributed by atoms with Crippen LogP contribution in [0.3, 0.4) is 0 Å². The van der Waals surface area contributed by atoms with E-state index in [0.29, 0.717) is 11.8 Å². The maximum Gasteiger partial charge on any atom is 0.254 e. The first kappa shape index (κ1) is 13.4. The lowest BCUT2D eigenvalue weighted by Gasteiger charge is -2.07. The summed E-state index contributed by atoms with van der Waals surface area (Å²) in [6, 6.07) is 15.7. The molecule has 3 aromatic rings. The van der Waals surface area contributed by atoms with Crippen LogP contribution in [0.15, 0.2) is 52.9 Å².